The number of carbonyl (C=O) groups is 1. The number of nitrogens with zero attached hydrogens (tertiary/aromatic N) is 2. The molecule has 0 unspecified atom stereocenters. The first kappa shape index (κ1) is 10.9. The summed E-state index contributed by atoms with van der Waals surface area (Å²) < 4.78 is 2.11. The van der Waals surface area contributed by atoms with E-state index in [1.165, 1.54) is 0 Å². The van der Waals surface area contributed by atoms with E-state index in [1.807, 2.05) is 13.0 Å². The second-order valence-electron chi connectivity index (χ2n) is 3.34. The number of carboxylic acids is 1. The highest BCUT2D eigenvalue weighted by Crippen LogP contribution is 2.23. The van der Waals surface area contributed by atoms with Gasteiger partial charge in [0.2, 0.25) is 0 Å². The lowest BCUT2D eigenvalue weighted by atomic mass is 10.2. The maximum atomic E-state index is 11.2. The van der Waals surface area contributed by atoms with Crippen LogP contribution in [0.4, 0.5) is 0 Å². The number of aryl methyl sites for hydroxylation is 1. The van der Waals surface area contributed by atoms with Gasteiger partial charge in [-0.15, -0.1) is 0 Å². The van der Waals surface area contributed by atoms with Gasteiger partial charge in [-0.2, -0.15) is 5.10 Å². The maximum absolute atomic E-state index is 11.2. The minimum absolute atomic E-state index is 0.214. The van der Waals surface area contributed by atoms with Gasteiger partial charge in [-0.3, -0.25) is 0 Å². The average Bonchev–Trinajstić information content (AvgIpc) is 2.63. The van der Waals surface area contributed by atoms with Crippen LogP contribution in [0.15, 0.2) is 34.9 Å². The first-order valence-corrected chi connectivity index (χ1v) is 5.43. The zero-order chi connectivity index (χ0) is 11.7. The topological polar surface area (TPSA) is 55.1 Å². The van der Waals surface area contributed by atoms with Crippen LogP contribution < -0.4 is 0 Å². The Hall–Kier alpha value is -1.62. The Morgan fingerprint density at radius 1 is 1.44 bits per heavy atom. The summed E-state index contributed by atoms with van der Waals surface area (Å²) in [5, 5.41) is 13.3. The van der Waals surface area contributed by atoms with Crippen molar-refractivity contribution in [1.29, 1.82) is 0 Å². The molecule has 0 saturated heterocycles. The third-order valence-corrected chi connectivity index (χ3v) is 2.84. The molecular weight excluding hydrogens is 272 g/mol. The van der Waals surface area contributed by atoms with Crippen molar-refractivity contribution < 1.29 is 9.90 Å². The summed E-state index contributed by atoms with van der Waals surface area (Å²) in [5.74, 6) is -0.976. The normalized spacial score (nSPS) is 10.4. The standard InChI is InChI=1S/C11H9BrN2O2/c1-7-5-6-14(13-7)9-4-2-3-8(12)10(9)11(15)16/h2-6H,1H3,(H,15,16). The van der Waals surface area contributed by atoms with Crippen LogP contribution in [0, 0.1) is 6.92 Å². The van der Waals surface area contributed by atoms with Gasteiger partial charge in [0.15, 0.2) is 0 Å². The van der Waals surface area contributed by atoms with Crippen LogP contribution in [0.5, 0.6) is 0 Å². The summed E-state index contributed by atoms with van der Waals surface area (Å²) in [7, 11) is 0. The van der Waals surface area contributed by atoms with E-state index in [2.05, 4.69) is 21.0 Å². The molecule has 0 aliphatic rings. The number of hydrogen-bond donors (Lipinski definition) is 1. The molecule has 1 aromatic heterocycles. The lowest BCUT2D eigenvalue weighted by Gasteiger charge is -2.07. The first-order valence-electron chi connectivity index (χ1n) is 4.64. The Labute approximate surface area is 101 Å². The van der Waals surface area contributed by atoms with Crippen molar-refractivity contribution in [3.05, 3.63) is 46.2 Å². The lowest BCUT2D eigenvalue weighted by Crippen LogP contribution is -2.06. The van der Waals surface area contributed by atoms with Crippen molar-refractivity contribution in [2.24, 2.45) is 0 Å². The Morgan fingerprint density at radius 2 is 2.19 bits per heavy atom. The van der Waals surface area contributed by atoms with Crippen molar-refractivity contribution in [2.75, 3.05) is 0 Å². The molecule has 1 N–H and O–H groups in total. The van der Waals surface area contributed by atoms with Gasteiger partial charge in [0.1, 0.15) is 0 Å². The first-order chi connectivity index (χ1) is 7.59. The summed E-state index contributed by atoms with van der Waals surface area (Å²) in [4.78, 5) is 11.2. The SMILES string of the molecule is Cc1ccn(-c2cccc(Br)c2C(=O)O)n1. The van der Waals surface area contributed by atoms with Crippen molar-refractivity contribution >= 4 is 21.9 Å². The maximum Gasteiger partial charge on any atom is 0.339 e. The van der Waals surface area contributed by atoms with Gasteiger partial charge in [-0.05, 0) is 41.1 Å². The quantitative estimate of drug-likeness (QED) is 0.920. The molecule has 4 nitrogen and oxygen atoms in total. The third-order valence-electron chi connectivity index (χ3n) is 2.17. The van der Waals surface area contributed by atoms with Gasteiger partial charge >= 0.3 is 5.97 Å². The second-order valence-corrected chi connectivity index (χ2v) is 4.20. The molecular formula is C11H9BrN2O2. The summed E-state index contributed by atoms with van der Waals surface area (Å²) in [6, 6.07) is 7.03. The Morgan fingerprint density at radius 3 is 2.75 bits per heavy atom. The predicted molar refractivity (Wildman–Crippen MR) is 63.0 cm³/mol. The van der Waals surface area contributed by atoms with Gasteiger partial charge in [0.25, 0.3) is 0 Å². The van der Waals surface area contributed by atoms with Crippen LogP contribution in [0.1, 0.15) is 16.1 Å². The molecule has 0 amide bonds. The number of carboxylic acid groups (broad SMARTS) is 1. The molecule has 82 valence electrons. The zero-order valence-electron chi connectivity index (χ0n) is 8.51. The van der Waals surface area contributed by atoms with Gasteiger partial charge in [-0.25, -0.2) is 9.48 Å². The second kappa shape index (κ2) is 4.09. The molecule has 2 rings (SSSR count). The van der Waals surface area contributed by atoms with Crippen molar-refractivity contribution in [3.8, 4) is 5.69 Å². The zero-order valence-corrected chi connectivity index (χ0v) is 10.1. The smallest absolute Gasteiger partial charge is 0.339 e. The van der Waals surface area contributed by atoms with Crippen molar-refractivity contribution in [2.45, 2.75) is 6.92 Å². The van der Waals surface area contributed by atoms with Gasteiger partial charge in [0.05, 0.1) is 16.9 Å². The van der Waals surface area contributed by atoms with Crippen molar-refractivity contribution in [3.63, 3.8) is 0 Å². The molecule has 2 aromatic rings. The Kier molecular flexibility index (Phi) is 2.78. The fraction of sp³-hybridized carbons (Fsp3) is 0.0909. The highest BCUT2D eigenvalue weighted by molar-refractivity contribution is 9.10. The lowest BCUT2D eigenvalue weighted by molar-refractivity contribution is 0.0695. The van der Waals surface area contributed by atoms with E-state index in [4.69, 9.17) is 5.11 Å². The van der Waals surface area contributed by atoms with E-state index in [9.17, 15) is 4.79 Å². The van der Waals surface area contributed by atoms with Crippen LogP contribution in [0.2, 0.25) is 0 Å². The number of aromatic nitrogens is 2. The van der Waals surface area contributed by atoms with Crippen LogP contribution in [0.25, 0.3) is 5.69 Å². The molecule has 16 heavy (non-hydrogen) atoms. The summed E-state index contributed by atoms with van der Waals surface area (Å²) in [6.07, 6.45) is 1.74. The van der Waals surface area contributed by atoms with E-state index >= 15 is 0 Å². The molecule has 1 heterocycles. The molecule has 0 aliphatic carbocycles. The molecule has 0 saturated carbocycles. The molecule has 0 radical (unpaired) electrons. The molecule has 0 fully saturated rings. The average molecular weight is 281 g/mol. The third kappa shape index (κ3) is 1.86. The van der Waals surface area contributed by atoms with Gasteiger partial charge in [-0.1, -0.05) is 6.07 Å². The minimum atomic E-state index is -0.976. The molecule has 5 heteroatoms. The van der Waals surface area contributed by atoms with Crippen LogP contribution in [0.3, 0.4) is 0 Å². The minimum Gasteiger partial charge on any atom is -0.478 e. The Bertz CT molecular complexity index is 549. The Balaban J connectivity index is 2.65. The highest BCUT2D eigenvalue weighted by atomic mass is 79.9. The monoisotopic (exact) mass is 280 g/mol. The molecule has 0 spiro atoms. The number of rotatable bonds is 2. The van der Waals surface area contributed by atoms with Crippen LogP contribution >= 0.6 is 15.9 Å². The van der Waals surface area contributed by atoms with E-state index < -0.39 is 5.97 Å². The van der Waals surface area contributed by atoms with Crippen molar-refractivity contribution in [1.82, 2.24) is 9.78 Å². The summed E-state index contributed by atoms with van der Waals surface area (Å²) in [6.45, 7) is 1.86. The van der Waals surface area contributed by atoms with Crippen LogP contribution in [-0.2, 0) is 0 Å². The largest absolute Gasteiger partial charge is 0.478 e. The fourth-order valence-electron chi connectivity index (χ4n) is 1.46. The summed E-state index contributed by atoms with van der Waals surface area (Å²) in [5.41, 5.74) is 1.61. The molecule has 0 bridgehead atoms. The number of aromatic carboxylic acids is 1. The molecule has 0 atom stereocenters. The molecule has 0 aliphatic heterocycles. The molecule has 1 aromatic carbocycles. The van der Waals surface area contributed by atoms with Crippen LogP contribution in [-0.4, -0.2) is 20.9 Å². The number of hydrogen-bond acceptors (Lipinski definition) is 2. The number of halogens is 1. The van der Waals surface area contributed by atoms with Gasteiger partial charge in [0, 0.05) is 10.7 Å². The van der Waals surface area contributed by atoms with E-state index in [-0.39, 0.29) is 5.56 Å². The van der Waals surface area contributed by atoms with E-state index in [0.29, 0.717) is 10.2 Å². The van der Waals surface area contributed by atoms with Gasteiger partial charge < -0.3 is 5.11 Å². The summed E-state index contributed by atoms with van der Waals surface area (Å²) >= 11 is 3.23. The fourth-order valence-corrected chi connectivity index (χ4v) is 1.99. The number of benzene rings is 1. The highest BCUT2D eigenvalue weighted by Gasteiger charge is 2.15. The van der Waals surface area contributed by atoms with E-state index in [1.54, 1.807) is 29.1 Å². The predicted octanol–water partition coefficient (Wildman–Crippen LogP) is 2.64. The van der Waals surface area contributed by atoms with E-state index in [0.717, 1.165) is 5.69 Å².